The van der Waals surface area contributed by atoms with E-state index in [0.29, 0.717) is 0 Å². The van der Waals surface area contributed by atoms with Crippen molar-refractivity contribution >= 4 is 0 Å². The van der Waals surface area contributed by atoms with Gasteiger partial charge in [-0.3, -0.25) is 0 Å². The molecular formula is C12H23K. The van der Waals surface area contributed by atoms with Crippen molar-refractivity contribution in [3.8, 4) is 0 Å². The standard InChI is InChI=1S/C12H22.K.H/c1-3-7-11(8-4-1)12-9-5-2-6-10-12;;/h11-12H,1-10H2;;/q;+1;-1. The Labute approximate surface area is 127 Å². The van der Waals surface area contributed by atoms with E-state index in [-0.39, 0.29) is 52.8 Å². The summed E-state index contributed by atoms with van der Waals surface area (Å²) in [5, 5.41) is 0. The van der Waals surface area contributed by atoms with Crippen molar-refractivity contribution in [1.82, 2.24) is 0 Å². The molecule has 0 saturated heterocycles. The zero-order chi connectivity index (χ0) is 8.23. The molecule has 0 aromatic heterocycles. The largest absolute Gasteiger partial charge is 1.00 e. The molecule has 2 rings (SSSR count). The van der Waals surface area contributed by atoms with Crippen molar-refractivity contribution in [2.75, 3.05) is 0 Å². The smallest absolute Gasteiger partial charge is 1.00 e. The quantitative estimate of drug-likeness (QED) is 0.567. The Hall–Kier alpha value is 1.64. The number of hydrogen-bond acceptors (Lipinski definition) is 0. The van der Waals surface area contributed by atoms with Gasteiger partial charge in [0.1, 0.15) is 0 Å². The van der Waals surface area contributed by atoms with Gasteiger partial charge in [-0.15, -0.1) is 0 Å². The van der Waals surface area contributed by atoms with Crippen LogP contribution in [-0.2, 0) is 0 Å². The summed E-state index contributed by atoms with van der Waals surface area (Å²) in [5.74, 6) is 2.28. The average molecular weight is 206 g/mol. The summed E-state index contributed by atoms with van der Waals surface area (Å²) in [5.41, 5.74) is 0. The molecule has 2 fully saturated rings. The molecular weight excluding hydrogens is 183 g/mol. The van der Waals surface area contributed by atoms with E-state index >= 15 is 0 Å². The van der Waals surface area contributed by atoms with Gasteiger partial charge in [-0.25, -0.2) is 0 Å². The van der Waals surface area contributed by atoms with Crippen LogP contribution in [0.25, 0.3) is 0 Å². The van der Waals surface area contributed by atoms with Gasteiger partial charge in [0, 0.05) is 0 Å². The van der Waals surface area contributed by atoms with Crippen LogP contribution in [0, 0.1) is 11.8 Å². The summed E-state index contributed by atoms with van der Waals surface area (Å²) in [6.07, 6.45) is 15.4. The van der Waals surface area contributed by atoms with Crippen molar-refractivity contribution in [3.63, 3.8) is 0 Å². The third-order valence-electron chi connectivity index (χ3n) is 3.97. The summed E-state index contributed by atoms with van der Waals surface area (Å²) in [6, 6.07) is 0. The van der Waals surface area contributed by atoms with E-state index in [1.165, 1.54) is 38.5 Å². The van der Waals surface area contributed by atoms with Gasteiger partial charge in [-0.1, -0.05) is 64.2 Å². The Morgan fingerprint density at radius 1 is 0.538 bits per heavy atom. The second-order valence-electron chi connectivity index (χ2n) is 4.80. The van der Waals surface area contributed by atoms with Crippen molar-refractivity contribution in [2.24, 2.45) is 11.8 Å². The molecule has 0 aromatic rings. The predicted octanol–water partition coefficient (Wildman–Crippen LogP) is 1.26. The van der Waals surface area contributed by atoms with Crippen LogP contribution in [0.3, 0.4) is 0 Å². The minimum Gasteiger partial charge on any atom is -1.00 e. The normalized spacial score (nSPS) is 26.8. The molecule has 2 aliphatic rings. The van der Waals surface area contributed by atoms with Gasteiger partial charge in [0.15, 0.2) is 0 Å². The maximum atomic E-state index is 1.56. The van der Waals surface area contributed by atoms with Crippen LogP contribution in [0.1, 0.15) is 65.6 Å². The van der Waals surface area contributed by atoms with Crippen LogP contribution in [-0.4, -0.2) is 0 Å². The number of rotatable bonds is 1. The fourth-order valence-corrected chi connectivity index (χ4v) is 3.21. The molecule has 0 spiro atoms. The first kappa shape index (κ1) is 12.7. The van der Waals surface area contributed by atoms with E-state index in [4.69, 9.17) is 0 Å². The molecule has 0 radical (unpaired) electrons. The minimum atomic E-state index is 0. The predicted molar refractivity (Wildman–Crippen MR) is 54.3 cm³/mol. The Morgan fingerprint density at radius 2 is 0.846 bits per heavy atom. The summed E-state index contributed by atoms with van der Waals surface area (Å²) in [7, 11) is 0. The molecule has 72 valence electrons. The van der Waals surface area contributed by atoms with E-state index in [9.17, 15) is 0 Å². The number of hydrogen-bond donors (Lipinski definition) is 0. The van der Waals surface area contributed by atoms with Crippen LogP contribution >= 0.6 is 0 Å². The topological polar surface area (TPSA) is 0 Å². The van der Waals surface area contributed by atoms with E-state index in [0.717, 1.165) is 11.8 Å². The van der Waals surface area contributed by atoms with Gasteiger partial charge >= 0.3 is 51.4 Å². The fraction of sp³-hybridized carbons (Fsp3) is 1.00. The maximum Gasteiger partial charge on any atom is 1.00 e. The van der Waals surface area contributed by atoms with Crippen LogP contribution in [0.15, 0.2) is 0 Å². The Morgan fingerprint density at radius 3 is 1.15 bits per heavy atom. The van der Waals surface area contributed by atoms with Gasteiger partial charge in [-0.2, -0.15) is 0 Å². The van der Waals surface area contributed by atoms with Crippen molar-refractivity contribution in [3.05, 3.63) is 0 Å². The molecule has 0 aliphatic heterocycles. The molecule has 0 nitrogen and oxygen atoms in total. The van der Waals surface area contributed by atoms with Gasteiger partial charge in [0.05, 0.1) is 0 Å². The summed E-state index contributed by atoms with van der Waals surface area (Å²) < 4.78 is 0. The molecule has 0 atom stereocenters. The first-order chi connectivity index (χ1) is 5.97. The van der Waals surface area contributed by atoms with E-state index in [1.54, 1.807) is 25.7 Å². The maximum absolute atomic E-state index is 1.56. The van der Waals surface area contributed by atoms with Crippen LogP contribution in [0.4, 0.5) is 0 Å². The van der Waals surface area contributed by atoms with Gasteiger partial charge in [0.2, 0.25) is 0 Å². The molecule has 2 saturated carbocycles. The van der Waals surface area contributed by atoms with E-state index in [2.05, 4.69) is 0 Å². The SMILES string of the molecule is C1CCC(C2CCCCC2)CC1.[H-].[K+]. The molecule has 1 heteroatoms. The van der Waals surface area contributed by atoms with Crippen molar-refractivity contribution in [2.45, 2.75) is 64.2 Å². The van der Waals surface area contributed by atoms with Gasteiger partial charge in [-0.05, 0) is 11.8 Å². The van der Waals surface area contributed by atoms with Crippen molar-refractivity contribution < 1.29 is 52.8 Å². The Balaban J connectivity index is 0.000000845. The minimum absolute atomic E-state index is 0. The summed E-state index contributed by atoms with van der Waals surface area (Å²) >= 11 is 0. The molecule has 0 N–H and O–H groups in total. The van der Waals surface area contributed by atoms with E-state index in [1.807, 2.05) is 0 Å². The first-order valence-electron chi connectivity index (χ1n) is 5.97. The van der Waals surface area contributed by atoms with Crippen LogP contribution in [0.2, 0.25) is 0 Å². The molecule has 0 bridgehead atoms. The Kier molecular flexibility index (Phi) is 6.84. The molecule has 0 heterocycles. The third kappa shape index (κ3) is 3.94. The van der Waals surface area contributed by atoms with E-state index < -0.39 is 0 Å². The zero-order valence-corrected chi connectivity index (χ0v) is 12.3. The van der Waals surface area contributed by atoms with Gasteiger partial charge in [0.25, 0.3) is 0 Å². The molecule has 0 unspecified atom stereocenters. The molecule has 2 aliphatic carbocycles. The average Bonchev–Trinajstić information content (AvgIpc) is 2.21. The van der Waals surface area contributed by atoms with Crippen LogP contribution in [0.5, 0.6) is 0 Å². The van der Waals surface area contributed by atoms with Gasteiger partial charge < -0.3 is 1.43 Å². The van der Waals surface area contributed by atoms with Crippen LogP contribution < -0.4 is 51.4 Å². The summed E-state index contributed by atoms with van der Waals surface area (Å²) in [4.78, 5) is 0. The first-order valence-corrected chi connectivity index (χ1v) is 5.97. The molecule has 0 amide bonds. The monoisotopic (exact) mass is 206 g/mol. The second kappa shape index (κ2) is 7.00. The fourth-order valence-electron chi connectivity index (χ4n) is 3.21. The zero-order valence-electron chi connectivity index (χ0n) is 10.2. The molecule has 13 heavy (non-hydrogen) atoms. The third-order valence-corrected chi connectivity index (χ3v) is 3.97. The molecule has 0 aromatic carbocycles. The second-order valence-corrected chi connectivity index (χ2v) is 4.80. The Bertz CT molecular complexity index is 110. The summed E-state index contributed by atoms with van der Waals surface area (Å²) in [6.45, 7) is 0. The van der Waals surface area contributed by atoms with Crippen molar-refractivity contribution in [1.29, 1.82) is 0 Å².